The Morgan fingerprint density at radius 2 is 1.54 bits per heavy atom. The first-order chi connectivity index (χ1) is 17.0. The van der Waals surface area contributed by atoms with Gasteiger partial charge in [-0.3, -0.25) is 9.69 Å². The van der Waals surface area contributed by atoms with E-state index in [1.807, 2.05) is 66.7 Å². The van der Waals surface area contributed by atoms with Gasteiger partial charge in [-0.05, 0) is 54.8 Å². The molecule has 2 fully saturated rings. The van der Waals surface area contributed by atoms with Gasteiger partial charge >= 0.3 is 0 Å². The van der Waals surface area contributed by atoms with Crippen LogP contribution in [0.1, 0.15) is 24.1 Å². The minimum atomic E-state index is 0.219. The summed E-state index contributed by atoms with van der Waals surface area (Å²) < 4.78 is 2.18. The second-order valence-electron chi connectivity index (χ2n) is 9.53. The quantitative estimate of drug-likeness (QED) is 0.348. The van der Waals surface area contributed by atoms with Gasteiger partial charge in [0.15, 0.2) is 0 Å². The molecule has 2 aromatic heterocycles. The number of amides is 1. The van der Waals surface area contributed by atoms with Gasteiger partial charge in [-0.1, -0.05) is 53.5 Å². The maximum Gasteiger partial charge on any atom is 0.227 e. The molecule has 0 radical (unpaired) electrons. The summed E-state index contributed by atoms with van der Waals surface area (Å²) in [5, 5.41) is 1.41. The lowest BCUT2D eigenvalue weighted by molar-refractivity contribution is -0.136. The predicted octanol–water partition coefficient (Wildman–Crippen LogP) is 5.73. The number of hydrogen-bond acceptors (Lipinski definition) is 3. The van der Waals surface area contributed by atoms with E-state index in [1.165, 1.54) is 5.69 Å². The average Bonchev–Trinajstić information content (AvgIpc) is 3.35. The number of piperazine rings is 1. The molecule has 1 amide bonds. The van der Waals surface area contributed by atoms with Gasteiger partial charge in [-0.15, -0.1) is 0 Å². The van der Waals surface area contributed by atoms with Crippen molar-refractivity contribution in [3.63, 3.8) is 0 Å². The lowest BCUT2D eigenvalue weighted by atomic mass is 10.1. The van der Waals surface area contributed by atoms with E-state index in [0.717, 1.165) is 60.0 Å². The summed E-state index contributed by atoms with van der Waals surface area (Å²) >= 11 is 12.1. The van der Waals surface area contributed by atoms with Crippen molar-refractivity contribution in [3.8, 4) is 11.3 Å². The van der Waals surface area contributed by atoms with Crippen LogP contribution in [0.15, 0.2) is 72.9 Å². The van der Waals surface area contributed by atoms with E-state index in [4.69, 9.17) is 28.2 Å². The molecule has 2 atom stereocenters. The van der Waals surface area contributed by atoms with Crippen molar-refractivity contribution < 1.29 is 4.79 Å². The fourth-order valence-electron chi connectivity index (χ4n) is 5.64. The number of carbonyl (C=O) groups is 1. The van der Waals surface area contributed by atoms with E-state index in [2.05, 4.69) is 20.4 Å². The van der Waals surface area contributed by atoms with Crippen molar-refractivity contribution in [2.75, 3.05) is 13.1 Å². The molecule has 6 rings (SSSR count). The molecule has 178 valence electrons. The van der Waals surface area contributed by atoms with Gasteiger partial charge in [0.05, 0.1) is 17.8 Å². The topological polar surface area (TPSA) is 40.9 Å². The summed E-state index contributed by atoms with van der Waals surface area (Å²) in [5.74, 6) is 0.219. The van der Waals surface area contributed by atoms with Crippen LogP contribution in [0.3, 0.4) is 0 Å². The van der Waals surface area contributed by atoms with Crippen LogP contribution >= 0.6 is 23.2 Å². The maximum absolute atomic E-state index is 13.2. The third kappa shape index (κ3) is 4.44. The molecular weight excluding hydrogens is 479 g/mol. The molecule has 2 aromatic carbocycles. The average molecular weight is 505 g/mol. The van der Waals surface area contributed by atoms with Crippen molar-refractivity contribution in [1.29, 1.82) is 0 Å². The molecule has 4 heterocycles. The van der Waals surface area contributed by atoms with Crippen LogP contribution < -0.4 is 0 Å². The number of pyridine rings is 1. The first-order valence-corrected chi connectivity index (χ1v) is 12.8. The highest BCUT2D eigenvalue weighted by Gasteiger charge is 2.42. The molecule has 5 nitrogen and oxygen atoms in total. The largest absolute Gasteiger partial charge is 0.334 e. The Labute approximate surface area is 214 Å². The number of benzene rings is 2. The normalized spacial score (nSPS) is 20.0. The van der Waals surface area contributed by atoms with E-state index in [1.54, 1.807) is 0 Å². The number of rotatable bonds is 5. The monoisotopic (exact) mass is 504 g/mol. The number of carbonyl (C=O) groups excluding carboxylic acids is 1. The Morgan fingerprint density at radius 3 is 2.23 bits per heavy atom. The molecular formula is C28H26Cl2N4O. The standard InChI is InChI=1S/C28H26Cl2N4O/c29-21-8-4-19(5-9-21)15-27(35)34-23-12-13-24(34)17-32(16-23)18-25-28(20-6-10-22(30)11-7-20)31-26-3-1-2-14-33(25)26/h1-11,14,23-24H,12-13,15-18H2. The number of fused-ring (bicyclic) bond motifs is 3. The third-order valence-electron chi connectivity index (χ3n) is 7.23. The lowest BCUT2D eigenvalue weighted by Crippen LogP contribution is -2.55. The number of imidazole rings is 1. The molecule has 2 saturated heterocycles. The molecule has 0 saturated carbocycles. The molecule has 35 heavy (non-hydrogen) atoms. The third-order valence-corrected chi connectivity index (χ3v) is 7.74. The highest BCUT2D eigenvalue weighted by Crippen LogP contribution is 2.33. The van der Waals surface area contributed by atoms with Crippen LogP contribution in [-0.4, -0.2) is 50.3 Å². The zero-order valence-electron chi connectivity index (χ0n) is 19.3. The summed E-state index contributed by atoms with van der Waals surface area (Å²) in [6, 6.07) is 22.1. The predicted molar refractivity (Wildman–Crippen MR) is 140 cm³/mol. The van der Waals surface area contributed by atoms with Crippen LogP contribution in [0.4, 0.5) is 0 Å². The molecule has 0 N–H and O–H groups in total. The molecule has 0 aliphatic carbocycles. The summed E-state index contributed by atoms with van der Waals surface area (Å²) in [5.41, 5.74) is 5.17. The van der Waals surface area contributed by atoms with Crippen LogP contribution in [0.2, 0.25) is 10.0 Å². The number of likely N-dealkylation sites (tertiary alicyclic amines) is 1. The van der Waals surface area contributed by atoms with E-state index in [9.17, 15) is 4.79 Å². The van der Waals surface area contributed by atoms with E-state index >= 15 is 0 Å². The first-order valence-electron chi connectivity index (χ1n) is 12.0. The van der Waals surface area contributed by atoms with Gasteiger partial charge in [0.25, 0.3) is 0 Å². The van der Waals surface area contributed by atoms with Gasteiger partial charge in [0.2, 0.25) is 5.91 Å². The van der Waals surface area contributed by atoms with Crippen LogP contribution in [-0.2, 0) is 17.8 Å². The van der Waals surface area contributed by atoms with Crippen molar-refractivity contribution in [2.24, 2.45) is 0 Å². The Bertz CT molecular complexity index is 1350. The van der Waals surface area contributed by atoms with Crippen molar-refractivity contribution in [3.05, 3.63) is 94.2 Å². The van der Waals surface area contributed by atoms with Crippen LogP contribution in [0, 0.1) is 0 Å². The second-order valence-corrected chi connectivity index (χ2v) is 10.4. The van der Waals surface area contributed by atoms with Crippen molar-refractivity contribution >= 4 is 34.8 Å². The summed E-state index contributed by atoms with van der Waals surface area (Å²) in [6.45, 7) is 2.54. The zero-order valence-corrected chi connectivity index (χ0v) is 20.8. The van der Waals surface area contributed by atoms with Crippen LogP contribution in [0.5, 0.6) is 0 Å². The van der Waals surface area contributed by atoms with Gasteiger partial charge in [0, 0.05) is 53.5 Å². The number of halogens is 2. The van der Waals surface area contributed by atoms with Gasteiger partial charge in [-0.2, -0.15) is 0 Å². The fraction of sp³-hybridized carbons (Fsp3) is 0.286. The van der Waals surface area contributed by atoms with Crippen LogP contribution in [0.25, 0.3) is 16.9 Å². The van der Waals surface area contributed by atoms with Gasteiger partial charge < -0.3 is 9.30 Å². The zero-order chi connectivity index (χ0) is 23.9. The first kappa shape index (κ1) is 22.6. The molecule has 0 spiro atoms. The Hall–Kier alpha value is -2.86. The molecule has 2 aliphatic heterocycles. The smallest absolute Gasteiger partial charge is 0.227 e. The summed E-state index contributed by atoms with van der Waals surface area (Å²) in [4.78, 5) is 22.8. The molecule has 2 unspecified atom stereocenters. The minimum absolute atomic E-state index is 0.219. The number of aromatic nitrogens is 2. The van der Waals surface area contributed by atoms with Gasteiger partial charge in [-0.25, -0.2) is 4.98 Å². The molecule has 2 aliphatic rings. The van der Waals surface area contributed by atoms with E-state index < -0.39 is 0 Å². The van der Waals surface area contributed by atoms with Crippen molar-refractivity contribution in [2.45, 2.75) is 37.9 Å². The fourth-order valence-corrected chi connectivity index (χ4v) is 5.90. The van der Waals surface area contributed by atoms with E-state index in [-0.39, 0.29) is 18.0 Å². The summed E-state index contributed by atoms with van der Waals surface area (Å²) in [7, 11) is 0. The molecule has 2 bridgehead atoms. The number of nitrogens with zero attached hydrogens (tertiary/aromatic N) is 4. The Morgan fingerprint density at radius 1 is 0.886 bits per heavy atom. The minimum Gasteiger partial charge on any atom is -0.334 e. The van der Waals surface area contributed by atoms with Gasteiger partial charge in [0.1, 0.15) is 5.65 Å². The Balaban J connectivity index is 1.23. The lowest BCUT2D eigenvalue weighted by Gasteiger charge is -2.41. The second kappa shape index (κ2) is 9.30. The van der Waals surface area contributed by atoms with Crippen molar-refractivity contribution in [1.82, 2.24) is 19.2 Å². The SMILES string of the molecule is O=C(Cc1ccc(Cl)cc1)N1C2CCC1CN(Cc1c(-c3ccc(Cl)cc3)nc3ccccn13)C2. The highest BCUT2D eigenvalue weighted by molar-refractivity contribution is 6.30. The molecule has 4 aromatic rings. The number of hydrogen-bond donors (Lipinski definition) is 0. The molecule has 7 heteroatoms. The highest BCUT2D eigenvalue weighted by atomic mass is 35.5. The Kier molecular flexibility index (Phi) is 6.01. The van der Waals surface area contributed by atoms with E-state index in [0.29, 0.717) is 11.4 Å². The maximum atomic E-state index is 13.2. The summed E-state index contributed by atoms with van der Waals surface area (Å²) in [6.07, 6.45) is 4.63.